The number of para-hydroxylation sites is 2. The Bertz CT molecular complexity index is 1740. The van der Waals surface area contributed by atoms with Crippen LogP contribution in [0.5, 0.6) is 5.75 Å². The van der Waals surface area contributed by atoms with E-state index in [1.165, 1.54) is 16.5 Å². The molecule has 1 heterocycles. The number of hydrogen-bond acceptors (Lipinski definition) is 3. The van der Waals surface area contributed by atoms with Crippen LogP contribution < -0.4 is 0 Å². The Balaban J connectivity index is 1.52. The maximum atomic E-state index is 11.0. The first-order valence-corrected chi connectivity index (χ1v) is 11.3. The third kappa shape index (κ3) is 2.76. The first-order valence-electron chi connectivity index (χ1n) is 11.3. The quantitative estimate of drug-likeness (QED) is 0.315. The zero-order chi connectivity index (χ0) is 21.9. The van der Waals surface area contributed by atoms with E-state index in [9.17, 15) is 5.11 Å². The van der Waals surface area contributed by atoms with E-state index in [-0.39, 0.29) is 0 Å². The molecule has 1 aliphatic carbocycles. The van der Waals surface area contributed by atoms with Gasteiger partial charge < -0.3 is 5.11 Å². The lowest BCUT2D eigenvalue weighted by Gasteiger charge is -2.23. The average molecular weight is 425 g/mol. The molecule has 0 radical (unpaired) electrons. The van der Waals surface area contributed by atoms with Crippen LogP contribution in [0.25, 0.3) is 43.7 Å². The molecule has 0 saturated heterocycles. The number of aromatic hydroxyl groups is 1. The Kier molecular flexibility index (Phi) is 3.82. The maximum Gasteiger partial charge on any atom is 0.124 e. The lowest BCUT2D eigenvalue weighted by atomic mass is 9.83. The van der Waals surface area contributed by atoms with Crippen molar-refractivity contribution in [1.82, 2.24) is 9.97 Å². The normalized spacial score (nSPS) is 12.7. The summed E-state index contributed by atoms with van der Waals surface area (Å²) in [6.45, 7) is 0. The first-order chi connectivity index (χ1) is 16.3. The lowest BCUT2D eigenvalue weighted by Crippen LogP contribution is -2.12. The largest absolute Gasteiger partial charge is 0.507 e. The summed E-state index contributed by atoms with van der Waals surface area (Å²) < 4.78 is 0. The Morgan fingerprint density at radius 2 is 1.24 bits per heavy atom. The van der Waals surface area contributed by atoms with Crippen molar-refractivity contribution in [2.45, 2.75) is 12.8 Å². The van der Waals surface area contributed by atoms with Crippen molar-refractivity contribution in [3.8, 4) is 16.9 Å². The molecule has 156 valence electrons. The van der Waals surface area contributed by atoms with Crippen LogP contribution in [0, 0.1) is 0 Å². The Labute approximate surface area is 191 Å². The molecule has 1 N–H and O–H groups in total. The predicted octanol–water partition coefficient (Wildman–Crippen LogP) is 6.80. The Hall–Kier alpha value is -4.24. The monoisotopic (exact) mass is 424 g/mol. The molecule has 0 spiro atoms. The Morgan fingerprint density at radius 1 is 0.606 bits per heavy atom. The molecule has 7 rings (SSSR count). The van der Waals surface area contributed by atoms with Gasteiger partial charge in [0, 0.05) is 18.4 Å². The van der Waals surface area contributed by atoms with Crippen LogP contribution in [0.15, 0.2) is 91.0 Å². The topological polar surface area (TPSA) is 46.0 Å². The van der Waals surface area contributed by atoms with Crippen molar-refractivity contribution >= 4 is 32.6 Å². The molecule has 0 bridgehead atoms. The molecule has 0 atom stereocenters. The van der Waals surface area contributed by atoms with Crippen LogP contribution in [0.2, 0.25) is 0 Å². The van der Waals surface area contributed by atoms with Crippen molar-refractivity contribution in [2.24, 2.45) is 0 Å². The van der Waals surface area contributed by atoms with Gasteiger partial charge in [0.2, 0.25) is 0 Å². The molecule has 1 aromatic heterocycles. The summed E-state index contributed by atoms with van der Waals surface area (Å²) in [7, 11) is 0. The minimum absolute atomic E-state index is 0.306. The fourth-order valence-electron chi connectivity index (χ4n) is 5.31. The van der Waals surface area contributed by atoms with Crippen LogP contribution >= 0.6 is 0 Å². The van der Waals surface area contributed by atoms with Crippen molar-refractivity contribution in [3.63, 3.8) is 0 Å². The smallest absolute Gasteiger partial charge is 0.124 e. The zero-order valence-corrected chi connectivity index (χ0v) is 17.9. The van der Waals surface area contributed by atoms with Gasteiger partial charge in [-0.3, -0.25) is 0 Å². The molecule has 0 unspecified atom stereocenters. The van der Waals surface area contributed by atoms with E-state index in [1.807, 2.05) is 42.5 Å². The van der Waals surface area contributed by atoms with Gasteiger partial charge in [-0.05, 0) is 62.5 Å². The van der Waals surface area contributed by atoms with E-state index < -0.39 is 0 Å². The summed E-state index contributed by atoms with van der Waals surface area (Å²) in [5.41, 5.74) is 8.52. The minimum Gasteiger partial charge on any atom is -0.507 e. The second kappa shape index (κ2) is 6.88. The number of hydrogen-bond donors (Lipinski definition) is 1. The molecule has 5 aromatic carbocycles. The van der Waals surface area contributed by atoms with E-state index in [2.05, 4.69) is 42.5 Å². The van der Waals surface area contributed by atoms with Gasteiger partial charge in [-0.25, -0.2) is 9.97 Å². The van der Waals surface area contributed by atoms with Crippen molar-refractivity contribution in [2.75, 3.05) is 0 Å². The number of benzene rings is 5. The maximum absolute atomic E-state index is 11.0. The van der Waals surface area contributed by atoms with Gasteiger partial charge in [0.05, 0.1) is 22.4 Å². The molecule has 0 aliphatic heterocycles. The van der Waals surface area contributed by atoms with E-state index in [1.54, 1.807) is 6.07 Å². The van der Waals surface area contributed by atoms with E-state index >= 15 is 0 Å². The number of phenols is 1. The molecule has 3 heteroatoms. The lowest BCUT2D eigenvalue weighted by molar-refractivity contribution is 0.478. The highest BCUT2D eigenvalue weighted by Crippen LogP contribution is 2.43. The number of nitrogens with zero attached hydrogens (tertiary/aromatic N) is 2. The van der Waals surface area contributed by atoms with Crippen LogP contribution in [0.4, 0.5) is 0 Å². The molecule has 0 fully saturated rings. The highest BCUT2D eigenvalue weighted by molar-refractivity contribution is 6.08. The SMILES string of the molecule is Oc1ccc2ccccc2c1-c1cc2c(c3ccccc13)Cc1nc3ccccc3nc1C2. The number of fused-ring (bicyclic) bond motifs is 6. The highest BCUT2D eigenvalue weighted by atomic mass is 16.3. The summed E-state index contributed by atoms with van der Waals surface area (Å²) in [4.78, 5) is 9.91. The predicted molar refractivity (Wildman–Crippen MR) is 134 cm³/mol. The summed E-state index contributed by atoms with van der Waals surface area (Å²) in [5.74, 6) is 0.306. The first kappa shape index (κ1) is 18.3. The standard InChI is InChI=1S/C30H20N2O/c33-29-14-13-18-7-1-2-8-20(18)30(29)24-15-19-16-27-28(32-26-12-6-5-11-25(26)31-27)17-23(19)21-9-3-4-10-22(21)24/h1-15,33H,16-17H2. The van der Waals surface area contributed by atoms with Crippen LogP contribution in [-0.4, -0.2) is 15.1 Å². The number of rotatable bonds is 1. The van der Waals surface area contributed by atoms with Gasteiger partial charge in [0.25, 0.3) is 0 Å². The van der Waals surface area contributed by atoms with Gasteiger partial charge in [-0.15, -0.1) is 0 Å². The van der Waals surface area contributed by atoms with E-state index in [0.29, 0.717) is 5.75 Å². The molecule has 6 aromatic rings. The van der Waals surface area contributed by atoms with Crippen molar-refractivity contribution < 1.29 is 5.11 Å². The van der Waals surface area contributed by atoms with Crippen LogP contribution in [0.3, 0.4) is 0 Å². The number of aromatic nitrogens is 2. The second-order valence-corrected chi connectivity index (χ2v) is 8.75. The Morgan fingerprint density at radius 3 is 2.03 bits per heavy atom. The molecule has 0 saturated carbocycles. The summed E-state index contributed by atoms with van der Waals surface area (Å²) in [5, 5.41) is 15.5. The summed E-state index contributed by atoms with van der Waals surface area (Å²) >= 11 is 0. The average Bonchev–Trinajstić information content (AvgIpc) is 2.86. The van der Waals surface area contributed by atoms with Gasteiger partial charge >= 0.3 is 0 Å². The van der Waals surface area contributed by atoms with Gasteiger partial charge in [-0.1, -0.05) is 66.7 Å². The fourth-order valence-corrected chi connectivity index (χ4v) is 5.31. The summed E-state index contributed by atoms with van der Waals surface area (Å²) in [6.07, 6.45) is 1.51. The molecular weight excluding hydrogens is 404 g/mol. The van der Waals surface area contributed by atoms with E-state index in [0.717, 1.165) is 62.5 Å². The molecular formula is C30H20N2O. The van der Waals surface area contributed by atoms with Crippen LogP contribution in [-0.2, 0) is 12.8 Å². The minimum atomic E-state index is 0.306. The zero-order valence-electron chi connectivity index (χ0n) is 17.9. The molecule has 1 aliphatic rings. The molecule has 0 amide bonds. The van der Waals surface area contributed by atoms with Crippen molar-refractivity contribution in [3.05, 3.63) is 114 Å². The molecule has 33 heavy (non-hydrogen) atoms. The van der Waals surface area contributed by atoms with Gasteiger partial charge in [0.15, 0.2) is 0 Å². The number of phenolic OH excluding ortho intramolecular Hbond substituents is 1. The van der Waals surface area contributed by atoms with Crippen LogP contribution in [0.1, 0.15) is 22.5 Å². The van der Waals surface area contributed by atoms with Gasteiger partial charge in [0.1, 0.15) is 5.75 Å². The third-order valence-electron chi connectivity index (χ3n) is 6.85. The highest BCUT2D eigenvalue weighted by Gasteiger charge is 2.23. The fraction of sp³-hybridized carbons (Fsp3) is 0.0667. The summed E-state index contributed by atoms with van der Waals surface area (Å²) in [6, 6.07) is 30.9. The second-order valence-electron chi connectivity index (χ2n) is 8.75. The molecule has 3 nitrogen and oxygen atoms in total. The van der Waals surface area contributed by atoms with E-state index in [4.69, 9.17) is 9.97 Å². The van der Waals surface area contributed by atoms with Gasteiger partial charge in [-0.2, -0.15) is 0 Å². The third-order valence-corrected chi connectivity index (χ3v) is 6.85. The van der Waals surface area contributed by atoms with Crippen molar-refractivity contribution in [1.29, 1.82) is 0 Å².